The van der Waals surface area contributed by atoms with Crippen LogP contribution in [0.3, 0.4) is 0 Å². The lowest BCUT2D eigenvalue weighted by molar-refractivity contribution is -0.115. The lowest BCUT2D eigenvalue weighted by Gasteiger charge is -2.17. The highest BCUT2D eigenvalue weighted by Crippen LogP contribution is 2.26. The average Bonchev–Trinajstić information content (AvgIpc) is 2.89. The maximum atomic E-state index is 13.5. The summed E-state index contributed by atoms with van der Waals surface area (Å²) in [6.45, 7) is 1.71. The van der Waals surface area contributed by atoms with Crippen molar-refractivity contribution in [3.8, 4) is 11.8 Å². The van der Waals surface area contributed by atoms with E-state index in [1.807, 2.05) is 24.3 Å². The molecule has 3 aromatic carbocycles. The Balaban J connectivity index is 1.73. The van der Waals surface area contributed by atoms with Gasteiger partial charge in [-0.3, -0.25) is 14.2 Å². The number of aromatic nitrogens is 2. The van der Waals surface area contributed by atoms with Crippen LogP contribution >= 0.6 is 11.8 Å². The smallest absolute Gasteiger partial charge is 0.337 e. The van der Waals surface area contributed by atoms with Gasteiger partial charge in [0, 0.05) is 5.69 Å². The third-order valence-electron chi connectivity index (χ3n) is 5.21. The zero-order chi connectivity index (χ0) is 24.9. The SMILES string of the molecule is COC(=O)c1ccc2c(=O)n(-c3ccccc3)c(SC(C)C(=O)Nc3ccc(C#N)cc3)nc2c1. The Morgan fingerprint density at radius 2 is 1.80 bits per heavy atom. The van der Waals surface area contributed by atoms with Crippen LogP contribution in [0.4, 0.5) is 5.69 Å². The van der Waals surface area contributed by atoms with Crippen molar-refractivity contribution in [2.45, 2.75) is 17.3 Å². The third kappa shape index (κ3) is 5.08. The molecular formula is C26H20N4O4S. The Hall–Kier alpha value is -4.42. The molecule has 0 bridgehead atoms. The topological polar surface area (TPSA) is 114 Å². The maximum Gasteiger partial charge on any atom is 0.337 e. The summed E-state index contributed by atoms with van der Waals surface area (Å²) < 4.78 is 6.23. The molecule has 0 aliphatic carbocycles. The number of para-hydroxylation sites is 1. The molecule has 1 aromatic heterocycles. The lowest BCUT2D eigenvalue weighted by atomic mass is 10.1. The minimum absolute atomic E-state index is 0.270. The number of hydrogen-bond donors (Lipinski definition) is 1. The highest BCUT2D eigenvalue weighted by atomic mass is 32.2. The number of amides is 1. The molecule has 0 radical (unpaired) electrons. The van der Waals surface area contributed by atoms with Gasteiger partial charge < -0.3 is 10.1 Å². The zero-order valence-corrected chi connectivity index (χ0v) is 19.7. The van der Waals surface area contributed by atoms with Crippen molar-refractivity contribution in [1.29, 1.82) is 5.26 Å². The summed E-state index contributed by atoms with van der Waals surface area (Å²) in [5.41, 5.74) is 1.92. The molecule has 1 amide bonds. The number of carbonyl (C=O) groups excluding carboxylic acids is 2. The van der Waals surface area contributed by atoms with Gasteiger partial charge in [0.15, 0.2) is 5.16 Å². The fourth-order valence-corrected chi connectivity index (χ4v) is 4.30. The molecule has 9 heteroatoms. The summed E-state index contributed by atoms with van der Waals surface area (Å²) in [5, 5.41) is 11.8. The Bertz CT molecular complexity index is 1510. The molecule has 4 rings (SSSR count). The molecule has 8 nitrogen and oxygen atoms in total. The minimum Gasteiger partial charge on any atom is -0.465 e. The number of ether oxygens (including phenoxy) is 1. The number of methoxy groups -OCH3 is 1. The number of hydrogen-bond acceptors (Lipinski definition) is 7. The minimum atomic E-state index is -0.617. The van der Waals surface area contributed by atoms with Crippen LogP contribution in [0.1, 0.15) is 22.8 Å². The van der Waals surface area contributed by atoms with Crippen molar-refractivity contribution in [3.05, 3.63) is 94.3 Å². The van der Waals surface area contributed by atoms with Gasteiger partial charge in [-0.2, -0.15) is 5.26 Å². The predicted molar refractivity (Wildman–Crippen MR) is 134 cm³/mol. The summed E-state index contributed by atoms with van der Waals surface area (Å²) in [6.07, 6.45) is 0. The van der Waals surface area contributed by atoms with E-state index >= 15 is 0 Å². The number of thioether (sulfide) groups is 1. The summed E-state index contributed by atoms with van der Waals surface area (Å²) in [5.74, 6) is -0.831. The Morgan fingerprint density at radius 1 is 1.09 bits per heavy atom. The molecule has 0 spiro atoms. The quantitative estimate of drug-likeness (QED) is 0.248. The van der Waals surface area contributed by atoms with Gasteiger partial charge in [0.05, 0.1) is 46.1 Å². The van der Waals surface area contributed by atoms with Gasteiger partial charge in [-0.15, -0.1) is 0 Å². The van der Waals surface area contributed by atoms with Gasteiger partial charge in [-0.25, -0.2) is 9.78 Å². The number of fused-ring (bicyclic) bond motifs is 1. The second kappa shape index (κ2) is 10.2. The van der Waals surface area contributed by atoms with E-state index in [1.54, 1.807) is 49.4 Å². The van der Waals surface area contributed by atoms with Crippen LogP contribution in [0.15, 0.2) is 82.7 Å². The van der Waals surface area contributed by atoms with E-state index in [-0.39, 0.29) is 17.0 Å². The van der Waals surface area contributed by atoms with E-state index in [0.717, 1.165) is 11.8 Å². The molecular weight excluding hydrogens is 464 g/mol. The number of esters is 1. The van der Waals surface area contributed by atoms with Crippen molar-refractivity contribution in [3.63, 3.8) is 0 Å². The number of nitriles is 1. The molecule has 0 fully saturated rings. The first kappa shape index (κ1) is 23.7. The van der Waals surface area contributed by atoms with Gasteiger partial charge in [0.1, 0.15) is 0 Å². The fraction of sp³-hybridized carbons (Fsp3) is 0.115. The predicted octanol–water partition coefficient (Wildman–Crippen LogP) is 4.16. The molecule has 0 aliphatic rings. The van der Waals surface area contributed by atoms with Crippen LogP contribution in [-0.2, 0) is 9.53 Å². The van der Waals surface area contributed by atoms with Gasteiger partial charge in [0.2, 0.25) is 5.91 Å². The van der Waals surface area contributed by atoms with E-state index in [4.69, 9.17) is 10.00 Å². The van der Waals surface area contributed by atoms with Crippen LogP contribution in [0.25, 0.3) is 16.6 Å². The first-order chi connectivity index (χ1) is 16.9. The molecule has 1 unspecified atom stereocenters. The summed E-state index contributed by atoms with van der Waals surface area (Å²) in [6, 6.07) is 22.1. The summed E-state index contributed by atoms with van der Waals surface area (Å²) in [7, 11) is 1.28. The molecule has 1 N–H and O–H groups in total. The van der Waals surface area contributed by atoms with E-state index in [0.29, 0.717) is 33.0 Å². The van der Waals surface area contributed by atoms with Gasteiger partial charge >= 0.3 is 5.97 Å². The van der Waals surface area contributed by atoms with Crippen molar-refractivity contribution in [2.75, 3.05) is 12.4 Å². The van der Waals surface area contributed by atoms with Crippen molar-refractivity contribution < 1.29 is 14.3 Å². The van der Waals surface area contributed by atoms with Crippen LogP contribution in [0.2, 0.25) is 0 Å². The molecule has 0 saturated carbocycles. The van der Waals surface area contributed by atoms with E-state index in [9.17, 15) is 14.4 Å². The Kier molecular flexibility index (Phi) is 6.94. The molecule has 174 valence electrons. The van der Waals surface area contributed by atoms with E-state index in [1.165, 1.54) is 23.8 Å². The normalized spacial score (nSPS) is 11.5. The number of nitrogens with zero attached hydrogens (tertiary/aromatic N) is 3. The molecule has 0 aliphatic heterocycles. The van der Waals surface area contributed by atoms with Gasteiger partial charge in [-0.05, 0) is 61.5 Å². The number of anilines is 1. The molecule has 1 atom stereocenters. The Morgan fingerprint density at radius 3 is 2.46 bits per heavy atom. The Labute approximate surface area is 205 Å². The third-order valence-corrected chi connectivity index (χ3v) is 6.26. The summed E-state index contributed by atoms with van der Waals surface area (Å²) >= 11 is 1.12. The highest BCUT2D eigenvalue weighted by molar-refractivity contribution is 8.00. The monoisotopic (exact) mass is 484 g/mol. The summed E-state index contributed by atoms with van der Waals surface area (Å²) in [4.78, 5) is 43.0. The van der Waals surface area contributed by atoms with Crippen molar-refractivity contribution in [2.24, 2.45) is 0 Å². The van der Waals surface area contributed by atoms with Crippen LogP contribution in [0.5, 0.6) is 0 Å². The van der Waals surface area contributed by atoms with Crippen LogP contribution in [-0.4, -0.2) is 33.8 Å². The second-order valence-electron chi connectivity index (χ2n) is 7.53. The molecule has 0 saturated heterocycles. The fourth-order valence-electron chi connectivity index (χ4n) is 3.38. The van der Waals surface area contributed by atoms with Crippen LogP contribution in [0, 0.1) is 11.3 Å². The van der Waals surface area contributed by atoms with Crippen molar-refractivity contribution in [1.82, 2.24) is 9.55 Å². The number of carbonyl (C=O) groups is 2. The average molecular weight is 485 g/mol. The molecule has 35 heavy (non-hydrogen) atoms. The number of nitrogens with one attached hydrogen (secondary N) is 1. The maximum absolute atomic E-state index is 13.5. The van der Waals surface area contributed by atoms with Gasteiger partial charge in [0.25, 0.3) is 5.56 Å². The molecule has 1 heterocycles. The number of benzene rings is 3. The van der Waals surface area contributed by atoms with Crippen LogP contribution < -0.4 is 10.9 Å². The van der Waals surface area contributed by atoms with Crippen molar-refractivity contribution >= 4 is 40.2 Å². The first-order valence-electron chi connectivity index (χ1n) is 10.6. The largest absolute Gasteiger partial charge is 0.465 e. The standard InChI is InChI=1S/C26H20N4O4S/c1-16(23(31)28-19-11-8-17(15-27)9-12-19)35-26-29-22-14-18(25(33)34-2)10-13-21(22)24(32)30(26)20-6-4-3-5-7-20/h3-14,16H,1-2H3,(H,28,31). The van der Waals surface area contributed by atoms with Gasteiger partial charge in [-0.1, -0.05) is 30.0 Å². The lowest BCUT2D eigenvalue weighted by Crippen LogP contribution is -2.26. The zero-order valence-electron chi connectivity index (χ0n) is 18.9. The van der Waals surface area contributed by atoms with E-state index < -0.39 is 11.2 Å². The van der Waals surface area contributed by atoms with E-state index in [2.05, 4.69) is 10.3 Å². The second-order valence-corrected chi connectivity index (χ2v) is 8.84. The first-order valence-corrected chi connectivity index (χ1v) is 11.5. The number of rotatable bonds is 6. The highest BCUT2D eigenvalue weighted by Gasteiger charge is 2.21. The molecule has 4 aromatic rings.